The Morgan fingerprint density at radius 3 is 2.33 bits per heavy atom. The Kier molecular flexibility index (Phi) is 5.76. The largest absolute Gasteiger partial charge is 0.496 e. The Morgan fingerprint density at radius 2 is 1.62 bits per heavy atom. The van der Waals surface area contributed by atoms with Crippen LogP contribution in [0.5, 0.6) is 17.2 Å². The third-order valence-electron chi connectivity index (χ3n) is 2.67. The second-order valence-corrected chi connectivity index (χ2v) is 5.90. The van der Waals surface area contributed by atoms with Crippen molar-refractivity contribution < 1.29 is 14.2 Å². The molecule has 21 heavy (non-hydrogen) atoms. The van der Waals surface area contributed by atoms with Crippen LogP contribution in [0, 0.1) is 0 Å². The van der Waals surface area contributed by atoms with Crippen molar-refractivity contribution in [2.45, 2.75) is 0 Å². The van der Waals surface area contributed by atoms with E-state index in [0.717, 1.165) is 26.2 Å². The molecule has 0 saturated heterocycles. The standard InChI is InChI=1S/C15H15Br2NO3/c1-19-14-8-13(17)15(9-12(14)16)21-6-5-20-11-4-2-3-10(18)7-11/h2-4,7-9H,5-6,18H2,1H3. The van der Waals surface area contributed by atoms with E-state index in [4.69, 9.17) is 19.9 Å². The molecule has 0 radical (unpaired) electrons. The molecule has 0 heterocycles. The van der Waals surface area contributed by atoms with Crippen molar-refractivity contribution >= 4 is 37.5 Å². The maximum Gasteiger partial charge on any atom is 0.135 e. The molecule has 0 bridgehead atoms. The van der Waals surface area contributed by atoms with Crippen molar-refractivity contribution in [3.05, 3.63) is 45.3 Å². The van der Waals surface area contributed by atoms with E-state index in [0.29, 0.717) is 18.9 Å². The van der Waals surface area contributed by atoms with Crippen LogP contribution in [0.4, 0.5) is 5.69 Å². The van der Waals surface area contributed by atoms with Crippen LogP contribution in [0.2, 0.25) is 0 Å². The minimum absolute atomic E-state index is 0.423. The molecule has 0 unspecified atom stereocenters. The van der Waals surface area contributed by atoms with Gasteiger partial charge in [0.15, 0.2) is 0 Å². The quantitative estimate of drug-likeness (QED) is 0.564. The van der Waals surface area contributed by atoms with Crippen molar-refractivity contribution in [3.63, 3.8) is 0 Å². The summed E-state index contributed by atoms with van der Waals surface area (Å²) in [5, 5.41) is 0. The lowest BCUT2D eigenvalue weighted by molar-refractivity contribution is 0.216. The summed E-state index contributed by atoms with van der Waals surface area (Å²) in [4.78, 5) is 0. The fourth-order valence-corrected chi connectivity index (χ4v) is 2.61. The van der Waals surface area contributed by atoms with Crippen molar-refractivity contribution in [2.75, 3.05) is 26.1 Å². The van der Waals surface area contributed by atoms with Crippen LogP contribution >= 0.6 is 31.9 Å². The summed E-state index contributed by atoms with van der Waals surface area (Å²) in [5.74, 6) is 2.19. The Morgan fingerprint density at radius 1 is 0.952 bits per heavy atom. The fourth-order valence-electron chi connectivity index (χ4n) is 1.69. The minimum Gasteiger partial charge on any atom is -0.496 e. The van der Waals surface area contributed by atoms with E-state index in [9.17, 15) is 0 Å². The van der Waals surface area contributed by atoms with E-state index < -0.39 is 0 Å². The van der Waals surface area contributed by atoms with Crippen molar-refractivity contribution in [3.8, 4) is 17.2 Å². The predicted molar refractivity (Wildman–Crippen MR) is 90.2 cm³/mol. The van der Waals surface area contributed by atoms with Crippen molar-refractivity contribution in [1.82, 2.24) is 0 Å². The Bertz CT molecular complexity index is 620. The average molecular weight is 417 g/mol. The Balaban J connectivity index is 1.88. The first-order valence-corrected chi connectivity index (χ1v) is 7.83. The number of anilines is 1. The number of methoxy groups -OCH3 is 1. The van der Waals surface area contributed by atoms with Crippen LogP contribution in [0.1, 0.15) is 0 Å². The molecule has 6 heteroatoms. The molecule has 4 nitrogen and oxygen atoms in total. The summed E-state index contributed by atoms with van der Waals surface area (Å²) < 4.78 is 18.1. The highest BCUT2D eigenvalue weighted by molar-refractivity contribution is 9.11. The summed E-state index contributed by atoms with van der Waals surface area (Å²) >= 11 is 6.87. The number of hydrogen-bond acceptors (Lipinski definition) is 4. The van der Waals surface area contributed by atoms with Gasteiger partial charge in [0.05, 0.1) is 16.1 Å². The minimum atomic E-state index is 0.423. The monoisotopic (exact) mass is 415 g/mol. The molecule has 0 amide bonds. The summed E-state index contributed by atoms with van der Waals surface area (Å²) in [6.07, 6.45) is 0. The second kappa shape index (κ2) is 7.56. The van der Waals surface area contributed by atoms with E-state index in [1.165, 1.54) is 0 Å². The molecule has 2 rings (SSSR count). The maximum atomic E-state index is 5.68. The van der Waals surface area contributed by atoms with Gasteiger partial charge in [-0.2, -0.15) is 0 Å². The zero-order chi connectivity index (χ0) is 15.2. The van der Waals surface area contributed by atoms with E-state index in [1.807, 2.05) is 30.3 Å². The molecular formula is C15H15Br2NO3. The third kappa shape index (κ3) is 4.54. The molecule has 0 aliphatic carbocycles. The lowest BCUT2D eigenvalue weighted by Gasteiger charge is -2.12. The van der Waals surface area contributed by atoms with Gasteiger partial charge < -0.3 is 19.9 Å². The number of halogens is 2. The SMILES string of the molecule is COc1cc(Br)c(OCCOc2cccc(N)c2)cc1Br. The second-order valence-electron chi connectivity index (χ2n) is 4.19. The first-order valence-electron chi connectivity index (χ1n) is 6.24. The molecule has 2 aromatic carbocycles. The highest BCUT2D eigenvalue weighted by atomic mass is 79.9. The fraction of sp³-hybridized carbons (Fsp3) is 0.200. The van der Waals surface area contributed by atoms with Gasteiger partial charge in [-0.15, -0.1) is 0 Å². The van der Waals surface area contributed by atoms with Crippen LogP contribution < -0.4 is 19.9 Å². The van der Waals surface area contributed by atoms with Gasteiger partial charge in [0.2, 0.25) is 0 Å². The molecule has 0 fully saturated rings. The van der Waals surface area contributed by atoms with Gasteiger partial charge in [0.25, 0.3) is 0 Å². The summed E-state index contributed by atoms with van der Waals surface area (Å²) in [6, 6.07) is 11.0. The number of nitrogen functional groups attached to an aromatic ring is 1. The summed E-state index contributed by atoms with van der Waals surface area (Å²) in [7, 11) is 1.62. The van der Waals surface area contributed by atoms with Gasteiger partial charge in [0, 0.05) is 11.8 Å². The third-order valence-corrected chi connectivity index (χ3v) is 3.91. The molecule has 0 aliphatic rings. The molecule has 0 atom stereocenters. The topological polar surface area (TPSA) is 53.7 Å². The lowest BCUT2D eigenvalue weighted by Crippen LogP contribution is -2.09. The molecule has 0 aromatic heterocycles. The van der Waals surface area contributed by atoms with E-state index in [2.05, 4.69) is 31.9 Å². The van der Waals surface area contributed by atoms with Crippen LogP contribution in [-0.2, 0) is 0 Å². The van der Waals surface area contributed by atoms with E-state index in [1.54, 1.807) is 13.2 Å². The molecule has 2 N–H and O–H groups in total. The molecule has 0 spiro atoms. The van der Waals surface area contributed by atoms with Gasteiger partial charge in [0.1, 0.15) is 30.5 Å². The average Bonchev–Trinajstić information content (AvgIpc) is 2.46. The predicted octanol–water partition coefficient (Wildman–Crippen LogP) is 4.26. The zero-order valence-electron chi connectivity index (χ0n) is 11.4. The molecule has 0 saturated carbocycles. The van der Waals surface area contributed by atoms with Crippen molar-refractivity contribution in [1.29, 1.82) is 0 Å². The number of nitrogens with two attached hydrogens (primary N) is 1. The van der Waals surface area contributed by atoms with Crippen LogP contribution in [-0.4, -0.2) is 20.3 Å². The zero-order valence-corrected chi connectivity index (χ0v) is 14.6. The number of hydrogen-bond donors (Lipinski definition) is 1. The first-order chi connectivity index (χ1) is 10.1. The Hall–Kier alpha value is -1.40. The normalized spacial score (nSPS) is 10.2. The Labute approximate surface area is 140 Å². The van der Waals surface area contributed by atoms with Crippen molar-refractivity contribution in [2.24, 2.45) is 0 Å². The van der Waals surface area contributed by atoms with Gasteiger partial charge in [-0.1, -0.05) is 6.07 Å². The maximum absolute atomic E-state index is 5.68. The van der Waals surface area contributed by atoms with Gasteiger partial charge in [-0.3, -0.25) is 0 Å². The van der Waals surface area contributed by atoms with Gasteiger partial charge >= 0.3 is 0 Å². The smallest absolute Gasteiger partial charge is 0.135 e. The highest BCUT2D eigenvalue weighted by Crippen LogP contribution is 2.35. The molecule has 2 aromatic rings. The summed E-state index contributed by atoms with van der Waals surface area (Å²) in [5.41, 5.74) is 6.36. The van der Waals surface area contributed by atoms with Gasteiger partial charge in [-0.25, -0.2) is 0 Å². The van der Waals surface area contributed by atoms with Crippen LogP contribution in [0.15, 0.2) is 45.3 Å². The van der Waals surface area contributed by atoms with E-state index in [-0.39, 0.29) is 0 Å². The first kappa shape index (κ1) is 16.0. The van der Waals surface area contributed by atoms with E-state index >= 15 is 0 Å². The van der Waals surface area contributed by atoms with Crippen LogP contribution in [0.3, 0.4) is 0 Å². The highest BCUT2D eigenvalue weighted by Gasteiger charge is 2.08. The number of benzene rings is 2. The summed E-state index contributed by atoms with van der Waals surface area (Å²) in [6.45, 7) is 0.853. The van der Waals surface area contributed by atoms with Crippen LogP contribution in [0.25, 0.3) is 0 Å². The number of ether oxygens (including phenoxy) is 3. The number of rotatable bonds is 6. The molecule has 112 valence electrons. The molecular weight excluding hydrogens is 402 g/mol. The molecule has 0 aliphatic heterocycles. The lowest BCUT2D eigenvalue weighted by atomic mass is 10.3. The van der Waals surface area contributed by atoms with Gasteiger partial charge in [-0.05, 0) is 56.1 Å².